The number of rotatable bonds is 0. The van der Waals surface area contributed by atoms with Crippen molar-refractivity contribution in [2.75, 3.05) is 0 Å². The normalized spacial score (nSPS) is 11.5. The van der Waals surface area contributed by atoms with Gasteiger partial charge in [0.15, 0.2) is 0 Å². The maximum absolute atomic E-state index is 11.5. The fraction of sp³-hybridized carbons (Fsp3) is 0.0833. The van der Waals surface area contributed by atoms with Gasteiger partial charge in [-0.25, -0.2) is 0 Å². The van der Waals surface area contributed by atoms with Gasteiger partial charge in [0.1, 0.15) is 0 Å². The molecule has 0 saturated carbocycles. The summed E-state index contributed by atoms with van der Waals surface area (Å²) in [7, 11) is 0. The van der Waals surface area contributed by atoms with Gasteiger partial charge in [-0.3, -0.25) is 4.79 Å². The van der Waals surface area contributed by atoms with E-state index in [-0.39, 0.29) is 18.0 Å². The Morgan fingerprint density at radius 1 is 1.07 bits per heavy atom. The lowest BCUT2D eigenvalue weighted by molar-refractivity contribution is 1.14. The molecule has 0 amide bonds. The molecule has 1 heterocycles. The quantitative estimate of drug-likeness (QED) is 0.619. The first kappa shape index (κ1) is 9.99. The van der Waals surface area contributed by atoms with E-state index < -0.39 is 0 Å². The van der Waals surface area contributed by atoms with E-state index in [9.17, 15) is 4.79 Å². The minimum atomic E-state index is 0. The summed E-state index contributed by atoms with van der Waals surface area (Å²) in [5, 5.41) is 0. The molecule has 0 radical (unpaired) electrons. The van der Waals surface area contributed by atoms with E-state index in [0.717, 1.165) is 17.5 Å². The fourth-order valence-corrected chi connectivity index (χ4v) is 2.07. The van der Waals surface area contributed by atoms with Crippen LogP contribution in [0.4, 0.5) is 0 Å². The molecule has 2 nitrogen and oxygen atoms in total. The molecular formula is C12H10ClNO. The van der Waals surface area contributed by atoms with E-state index in [1.54, 1.807) is 6.20 Å². The maximum atomic E-state index is 11.5. The number of hydrogen-bond acceptors (Lipinski definition) is 1. The second kappa shape index (κ2) is 3.55. The molecule has 1 aliphatic carbocycles. The molecule has 0 bridgehead atoms. The molecule has 3 rings (SSSR count). The van der Waals surface area contributed by atoms with Crippen LogP contribution in [0.3, 0.4) is 0 Å². The van der Waals surface area contributed by atoms with Crippen LogP contribution in [0.1, 0.15) is 11.1 Å². The summed E-state index contributed by atoms with van der Waals surface area (Å²) in [4.78, 5) is 14.2. The van der Waals surface area contributed by atoms with Gasteiger partial charge in [0, 0.05) is 18.2 Å². The second-order valence-electron chi connectivity index (χ2n) is 3.53. The van der Waals surface area contributed by atoms with E-state index in [4.69, 9.17) is 0 Å². The SMILES string of the molecule is Cl.O=c1[nH]ccc2c1Cc1ccccc1-2. The minimum absolute atomic E-state index is 0. The summed E-state index contributed by atoms with van der Waals surface area (Å²) in [5.41, 5.74) is 4.48. The zero-order chi connectivity index (χ0) is 9.54. The summed E-state index contributed by atoms with van der Waals surface area (Å²) in [6.07, 6.45) is 2.48. The van der Waals surface area contributed by atoms with Gasteiger partial charge in [-0.15, -0.1) is 12.4 Å². The van der Waals surface area contributed by atoms with Crippen LogP contribution in [-0.2, 0) is 6.42 Å². The Balaban J connectivity index is 0.000000853. The number of H-pyrrole nitrogens is 1. The van der Waals surface area contributed by atoms with E-state index in [1.807, 2.05) is 18.2 Å². The van der Waals surface area contributed by atoms with Gasteiger partial charge in [0.2, 0.25) is 0 Å². The highest BCUT2D eigenvalue weighted by Crippen LogP contribution is 2.33. The monoisotopic (exact) mass is 219 g/mol. The summed E-state index contributed by atoms with van der Waals surface area (Å²) < 4.78 is 0. The van der Waals surface area contributed by atoms with Crippen molar-refractivity contribution in [3.05, 3.63) is 58.0 Å². The van der Waals surface area contributed by atoms with Gasteiger partial charge in [0.25, 0.3) is 5.56 Å². The molecule has 1 aromatic heterocycles. The third-order valence-corrected chi connectivity index (χ3v) is 2.74. The highest BCUT2D eigenvalue weighted by Gasteiger charge is 2.19. The van der Waals surface area contributed by atoms with Crippen molar-refractivity contribution in [2.24, 2.45) is 0 Å². The van der Waals surface area contributed by atoms with Crippen molar-refractivity contribution in [2.45, 2.75) is 6.42 Å². The molecule has 0 fully saturated rings. The van der Waals surface area contributed by atoms with Crippen LogP contribution >= 0.6 is 12.4 Å². The van der Waals surface area contributed by atoms with Crippen molar-refractivity contribution in [1.82, 2.24) is 4.98 Å². The van der Waals surface area contributed by atoms with Crippen molar-refractivity contribution >= 4 is 12.4 Å². The van der Waals surface area contributed by atoms with E-state index in [1.165, 1.54) is 11.1 Å². The number of aromatic amines is 1. The molecule has 1 aliphatic rings. The number of halogens is 1. The highest BCUT2D eigenvalue weighted by atomic mass is 35.5. The van der Waals surface area contributed by atoms with Crippen LogP contribution < -0.4 is 5.56 Å². The molecular weight excluding hydrogens is 210 g/mol. The van der Waals surface area contributed by atoms with E-state index >= 15 is 0 Å². The average Bonchev–Trinajstić information content (AvgIpc) is 2.59. The predicted molar refractivity (Wildman–Crippen MR) is 62.6 cm³/mol. The lowest BCUT2D eigenvalue weighted by Gasteiger charge is -1.97. The first-order chi connectivity index (χ1) is 6.86. The minimum Gasteiger partial charge on any atom is -0.329 e. The molecule has 0 spiro atoms. The summed E-state index contributed by atoms with van der Waals surface area (Å²) in [6.45, 7) is 0. The zero-order valence-corrected chi connectivity index (χ0v) is 8.80. The van der Waals surface area contributed by atoms with Crippen LogP contribution in [0.2, 0.25) is 0 Å². The lowest BCUT2D eigenvalue weighted by Crippen LogP contribution is -2.09. The lowest BCUT2D eigenvalue weighted by atomic mass is 10.1. The summed E-state index contributed by atoms with van der Waals surface area (Å²) >= 11 is 0. The van der Waals surface area contributed by atoms with Crippen molar-refractivity contribution in [1.29, 1.82) is 0 Å². The summed E-state index contributed by atoms with van der Waals surface area (Å²) in [5.74, 6) is 0. The first-order valence-electron chi connectivity index (χ1n) is 4.65. The Morgan fingerprint density at radius 2 is 1.87 bits per heavy atom. The molecule has 15 heavy (non-hydrogen) atoms. The Kier molecular flexibility index (Phi) is 2.37. The Labute approximate surface area is 93.4 Å². The van der Waals surface area contributed by atoms with Crippen LogP contribution in [0.25, 0.3) is 11.1 Å². The van der Waals surface area contributed by atoms with Crippen LogP contribution in [0, 0.1) is 0 Å². The highest BCUT2D eigenvalue weighted by molar-refractivity contribution is 5.85. The van der Waals surface area contributed by atoms with Gasteiger partial charge in [-0.1, -0.05) is 24.3 Å². The standard InChI is InChI=1S/C12H9NO.ClH/c14-12-11-7-8-3-1-2-4-9(8)10(11)5-6-13-12;/h1-6H,7H2,(H,13,14);1H. The Bertz CT molecular complexity index is 560. The van der Waals surface area contributed by atoms with Crippen molar-refractivity contribution in [3.63, 3.8) is 0 Å². The molecule has 0 saturated heterocycles. The van der Waals surface area contributed by atoms with E-state index in [0.29, 0.717) is 0 Å². The van der Waals surface area contributed by atoms with Gasteiger partial charge in [0.05, 0.1) is 0 Å². The largest absolute Gasteiger partial charge is 0.329 e. The molecule has 76 valence electrons. The van der Waals surface area contributed by atoms with Crippen LogP contribution in [0.5, 0.6) is 0 Å². The number of pyridine rings is 1. The molecule has 0 aliphatic heterocycles. The molecule has 2 aromatic rings. The fourth-order valence-electron chi connectivity index (χ4n) is 2.07. The zero-order valence-electron chi connectivity index (χ0n) is 7.99. The number of nitrogens with one attached hydrogen (secondary N) is 1. The van der Waals surface area contributed by atoms with Crippen molar-refractivity contribution in [3.8, 4) is 11.1 Å². The second-order valence-corrected chi connectivity index (χ2v) is 3.53. The molecule has 1 N–H and O–H groups in total. The van der Waals surface area contributed by atoms with E-state index in [2.05, 4.69) is 17.1 Å². The third-order valence-electron chi connectivity index (χ3n) is 2.74. The number of fused-ring (bicyclic) bond motifs is 3. The number of aromatic nitrogens is 1. The Hall–Kier alpha value is -1.54. The number of hydrogen-bond donors (Lipinski definition) is 1. The van der Waals surface area contributed by atoms with Crippen LogP contribution in [-0.4, -0.2) is 4.98 Å². The number of benzene rings is 1. The predicted octanol–water partition coefficient (Wildman–Crippen LogP) is 2.37. The van der Waals surface area contributed by atoms with Gasteiger partial charge in [-0.05, 0) is 22.8 Å². The smallest absolute Gasteiger partial charge is 0.252 e. The van der Waals surface area contributed by atoms with Gasteiger partial charge in [-0.2, -0.15) is 0 Å². The van der Waals surface area contributed by atoms with Gasteiger partial charge >= 0.3 is 0 Å². The molecule has 0 unspecified atom stereocenters. The Morgan fingerprint density at radius 3 is 2.73 bits per heavy atom. The summed E-state index contributed by atoms with van der Waals surface area (Å²) in [6, 6.07) is 10.1. The first-order valence-corrected chi connectivity index (χ1v) is 4.65. The molecule has 0 atom stereocenters. The topological polar surface area (TPSA) is 32.9 Å². The average molecular weight is 220 g/mol. The van der Waals surface area contributed by atoms with Crippen LogP contribution in [0.15, 0.2) is 41.3 Å². The third kappa shape index (κ3) is 1.38. The van der Waals surface area contributed by atoms with Gasteiger partial charge < -0.3 is 4.98 Å². The maximum Gasteiger partial charge on any atom is 0.252 e. The van der Waals surface area contributed by atoms with Crippen molar-refractivity contribution < 1.29 is 0 Å². The molecule has 3 heteroatoms. The molecule has 1 aromatic carbocycles.